The molecule has 0 aliphatic carbocycles. The molecular weight excluding hydrogens is 494 g/mol. The predicted molar refractivity (Wildman–Crippen MR) is 139 cm³/mol. The third-order valence-corrected chi connectivity index (χ3v) is 7.49. The number of aryl methyl sites for hydroxylation is 1. The smallest absolute Gasteiger partial charge is 0.318 e. The molecule has 0 spiro atoms. The summed E-state index contributed by atoms with van der Waals surface area (Å²) >= 11 is 0. The fourth-order valence-corrected chi connectivity index (χ4v) is 4.95. The van der Waals surface area contributed by atoms with Gasteiger partial charge in [-0.1, -0.05) is 48.5 Å². The Labute approximate surface area is 215 Å². The number of carboxylic acid groups (broad SMARTS) is 1. The van der Waals surface area contributed by atoms with Gasteiger partial charge in [0.15, 0.2) is 0 Å². The number of benzene rings is 3. The molecule has 0 saturated heterocycles. The van der Waals surface area contributed by atoms with E-state index in [0.717, 1.165) is 14.2 Å². The van der Waals surface area contributed by atoms with E-state index in [-0.39, 0.29) is 13.2 Å². The highest BCUT2D eigenvalue weighted by Gasteiger charge is 2.29. The third kappa shape index (κ3) is 6.35. The lowest BCUT2D eigenvalue weighted by Crippen LogP contribution is -2.44. The van der Waals surface area contributed by atoms with Crippen molar-refractivity contribution >= 4 is 21.9 Å². The van der Waals surface area contributed by atoms with Crippen LogP contribution in [-0.4, -0.2) is 42.4 Å². The minimum atomic E-state index is -4.09. The Morgan fingerprint density at radius 3 is 2.22 bits per heavy atom. The zero-order valence-corrected chi connectivity index (χ0v) is 21.3. The molecule has 192 valence electrons. The van der Waals surface area contributed by atoms with Crippen LogP contribution in [0.5, 0.6) is 5.75 Å². The van der Waals surface area contributed by atoms with Gasteiger partial charge in [-0.3, -0.25) is 9.10 Å². The van der Waals surface area contributed by atoms with Gasteiger partial charge in [-0.25, -0.2) is 4.98 Å². The van der Waals surface area contributed by atoms with Gasteiger partial charge in [-0.2, -0.15) is 12.7 Å². The fraction of sp³-hybridized carbons (Fsp3) is 0.185. The van der Waals surface area contributed by atoms with Crippen LogP contribution < -0.4 is 9.04 Å². The second-order valence-corrected chi connectivity index (χ2v) is 10.3. The van der Waals surface area contributed by atoms with Crippen LogP contribution in [0.25, 0.3) is 11.5 Å². The average Bonchev–Trinajstić information content (AvgIpc) is 3.28. The Bertz CT molecular complexity index is 1440. The Hall–Kier alpha value is -4.15. The number of anilines is 1. The molecule has 10 heteroatoms. The van der Waals surface area contributed by atoms with Gasteiger partial charge in [0.05, 0.1) is 5.69 Å². The number of aliphatic carboxylic acids is 1. The molecule has 0 bridgehead atoms. The van der Waals surface area contributed by atoms with Gasteiger partial charge < -0.3 is 14.3 Å². The number of aromatic nitrogens is 1. The van der Waals surface area contributed by atoms with Crippen LogP contribution in [0.4, 0.5) is 5.69 Å². The molecule has 0 atom stereocenters. The molecule has 37 heavy (non-hydrogen) atoms. The van der Waals surface area contributed by atoms with Crippen molar-refractivity contribution in [3.63, 3.8) is 0 Å². The molecule has 0 fully saturated rings. The summed E-state index contributed by atoms with van der Waals surface area (Å²) in [4.78, 5) is 16.0. The molecule has 0 amide bonds. The monoisotopic (exact) mass is 521 g/mol. The number of ether oxygens (including phenoxy) is 1. The van der Waals surface area contributed by atoms with E-state index in [1.807, 2.05) is 37.3 Å². The molecule has 0 saturated carbocycles. The van der Waals surface area contributed by atoms with Crippen molar-refractivity contribution in [1.82, 2.24) is 9.29 Å². The van der Waals surface area contributed by atoms with Gasteiger partial charge in [0.25, 0.3) is 0 Å². The summed E-state index contributed by atoms with van der Waals surface area (Å²) in [5.41, 5.74) is 2.59. The largest absolute Gasteiger partial charge is 0.487 e. The third-order valence-electron chi connectivity index (χ3n) is 5.68. The van der Waals surface area contributed by atoms with E-state index in [2.05, 4.69) is 4.98 Å². The molecule has 0 radical (unpaired) electrons. The highest BCUT2D eigenvalue weighted by molar-refractivity contribution is 7.90. The molecule has 0 aliphatic heterocycles. The maximum atomic E-state index is 13.2. The zero-order valence-electron chi connectivity index (χ0n) is 20.4. The topological polar surface area (TPSA) is 113 Å². The lowest BCUT2D eigenvalue weighted by atomic mass is 10.2. The SMILES string of the molecule is Cc1oc(-c2ccccc2)nc1COc1ccc(CN(CC(=O)O)S(=O)(=O)N(C)c2ccccc2)cc1. The Morgan fingerprint density at radius 2 is 1.59 bits per heavy atom. The van der Waals surface area contributed by atoms with E-state index in [1.54, 1.807) is 54.6 Å². The second kappa shape index (κ2) is 11.3. The normalized spacial score (nSPS) is 11.4. The zero-order chi connectivity index (χ0) is 26.4. The lowest BCUT2D eigenvalue weighted by Gasteiger charge is -2.27. The second-order valence-electron chi connectivity index (χ2n) is 8.29. The van der Waals surface area contributed by atoms with Crippen LogP contribution in [-0.2, 0) is 28.2 Å². The summed E-state index contributed by atoms with van der Waals surface area (Å²) in [7, 11) is -2.70. The quantitative estimate of drug-likeness (QED) is 0.309. The maximum absolute atomic E-state index is 13.2. The molecule has 1 heterocycles. The van der Waals surface area contributed by atoms with Gasteiger partial charge in [0.2, 0.25) is 5.89 Å². The van der Waals surface area contributed by atoms with Crippen LogP contribution >= 0.6 is 0 Å². The molecule has 0 aliphatic rings. The number of rotatable bonds is 11. The average molecular weight is 522 g/mol. The van der Waals surface area contributed by atoms with E-state index in [4.69, 9.17) is 9.15 Å². The van der Waals surface area contributed by atoms with Crippen molar-refractivity contribution in [3.8, 4) is 17.2 Å². The van der Waals surface area contributed by atoms with Crippen molar-refractivity contribution in [2.45, 2.75) is 20.1 Å². The van der Waals surface area contributed by atoms with E-state index >= 15 is 0 Å². The number of nitrogens with zero attached hydrogens (tertiary/aromatic N) is 3. The van der Waals surface area contributed by atoms with E-state index in [1.165, 1.54) is 7.05 Å². The predicted octanol–water partition coefficient (Wildman–Crippen LogP) is 4.50. The first kappa shape index (κ1) is 25.9. The first-order chi connectivity index (χ1) is 17.7. The summed E-state index contributed by atoms with van der Waals surface area (Å²) in [6.07, 6.45) is 0. The number of para-hydroxylation sites is 1. The molecule has 3 aromatic carbocycles. The molecular formula is C27H27N3O6S. The summed E-state index contributed by atoms with van der Waals surface area (Å²) in [6, 6.07) is 24.9. The minimum Gasteiger partial charge on any atom is -0.487 e. The summed E-state index contributed by atoms with van der Waals surface area (Å²) in [6.45, 7) is 1.23. The maximum Gasteiger partial charge on any atom is 0.318 e. The Kier molecular flexibility index (Phi) is 7.90. The van der Waals surface area contributed by atoms with Crippen molar-refractivity contribution in [2.75, 3.05) is 17.9 Å². The molecule has 4 aromatic rings. The minimum absolute atomic E-state index is 0.116. The van der Waals surface area contributed by atoms with Gasteiger partial charge >= 0.3 is 16.2 Å². The molecule has 1 N–H and O–H groups in total. The summed E-state index contributed by atoms with van der Waals surface area (Å²) < 4.78 is 40.0. The van der Waals surface area contributed by atoms with Crippen molar-refractivity contribution < 1.29 is 27.5 Å². The summed E-state index contributed by atoms with van der Waals surface area (Å²) in [5.74, 6) is 0.490. The van der Waals surface area contributed by atoms with Crippen molar-refractivity contribution in [1.29, 1.82) is 0 Å². The molecule has 1 aromatic heterocycles. The fourth-order valence-electron chi connectivity index (χ4n) is 3.63. The first-order valence-corrected chi connectivity index (χ1v) is 12.9. The van der Waals surface area contributed by atoms with E-state index in [0.29, 0.717) is 34.3 Å². The molecule has 4 rings (SSSR count). The summed E-state index contributed by atoms with van der Waals surface area (Å²) in [5, 5.41) is 9.34. The number of oxazole rings is 1. The van der Waals surface area contributed by atoms with Gasteiger partial charge in [0.1, 0.15) is 30.4 Å². The van der Waals surface area contributed by atoms with Crippen molar-refractivity contribution in [3.05, 3.63) is 102 Å². The Morgan fingerprint density at radius 1 is 0.973 bits per heavy atom. The Balaban J connectivity index is 1.43. The molecule has 0 unspecified atom stereocenters. The van der Waals surface area contributed by atoms with E-state index in [9.17, 15) is 18.3 Å². The molecule has 9 nitrogen and oxygen atoms in total. The van der Waals surface area contributed by atoms with Gasteiger partial charge in [0, 0.05) is 19.2 Å². The highest BCUT2D eigenvalue weighted by Crippen LogP contribution is 2.24. The number of carboxylic acids is 1. The standard InChI is InChI=1S/C27H27N3O6S/c1-20-25(28-27(36-20)22-9-5-3-6-10-22)19-35-24-15-13-21(14-16-24)17-30(18-26(31)32)37(33,34)29(2)23-11-7-4-8-12-23/h3-16H,17-19H2,1-2H3,(H,31,32). The lowest BCUT2D eigenvalue weighted by molar-refractivity contribution is -0.137. The number of carbonyl (C=O) groups is 1. The van der Waals surface area contributed by atoms with Gasteiger partial charge in [-0.15, -0.1) is 0 Å². The van der Waals surface area contributed by atoms with Crippen LogP contribution in [0.15, 0.2) is 89.3 Å². The number of hydrogen-bond donors (Lipinski definition) is 1. The van der Waals surface area contributed by atoms with E-state index < -0.39 is 22.7 Å². The van der Waals surface area contributed by atoms with Crippen LogP contribution in [0.3, 0.4) is 0 Å². The van der Waals surface area contributed by atoms with Crippen molar-refractivity contribution in [2.24, 2.45) is 0 Å². The number of hydrogen-bond acceptors (Lipinski definition) is 6. The highest BCUT2D eigenvalue weighted by atomic mass is 32.2. The van der Waals surface area contributed by atoms with Crippen LogP contribution in [0.2, 0.25) is 0 Å². The first-order valence-electron chi connectivity index (χ1n) is 11.5. The van der Waals surface area contributed by atoms with Crippen LogP contribution in [0.1, 0.15) is 17.0 Å². The van der Waals surface area contributed by atoms with Crippen LogP contribution in [0, 0.1) is 6.92 Å². The van der Waals surface area contributed by atoms with Gasteiger partial charge in [-0.05, 0) is 48.9 Å².